The lowest BCUT2D eigenvalue weighted by Gasteiger charge is -2.47. The first-order chi connectivity index (χ1) is 17.1. The first kappa shape index (κ1) is 24.1. The summed E-state index contributed by atoms with van der Waals surface area (Å²) in [6.45, 7) is 0. The Morgan fingerprint density at radius 3 is 1.42 bits per heavy atom. The molecule has 2 heterocycles. The Labute approximate surface area is 216 Å². The van der Waals surface area contributed by atoms with Gasteiger partial charge in [-0.3, -0.25) is 9.59 Å². The van der Waals surface area contributed by atoms with Crippen molar-refractivity contribution < 1.29 is 28.7 Å². The maximum Gasteiger partial charge on any atom is 0.335 e. The molecule has 0 fully saturated rings. The summed E-state index contributed by atoms with van der Waals surface area (Å²) in [5.74, 6) is -2.85. The lowest BCUT2D eigenvalue weighted by atomic mass is 9.49. The number of fused-ring (bicyclic) bond motifs is 5. The number of hydrogen-bond donors (Lipinski definition) is 0. The van der Waals surface area contributed by atoms with Crippen LogP contribution in [0.5, 0.6) is 0 Å². The highest BCUT2D eigenvalue weighted by Crippen LogP contribution is 2.65. The van der Waals surface area contributed by atoms with E-state index in [0.717, 1.165) is 0 Å². The van der Waals surface area contributed by atoms with Crippen LogP contribution in [0.25, 0.3) is 0 Å². The molecule has 1 aliphatic carbocycles. The summed E-state index contributed by atoms with van der Waals surface area (Å²) in [5.41, 5.74) is -2.75. The van der Waals surface area contributed by atoms with Crippen molar-refractivity contribution in [1.82, 2.24) is 0 Å². The molecule has 0 aromatic heterocycles. The van der Waals surface area contributed by atoms with Crippen LogP contribution in [0.2, 0.25) is 10.0 Å². The van der Waals surface area contributed by atoms with E-state index in [1.807, 2.05) is 0 Å². The van der Waals surface area contributed by atoms with Crippen LogP contribution in [0.15, 0.2) is 59.7 Å². The summed E-state index contributed by atoms with van der Waals surface area (Å²) in [6, 6.07) is 9.48. The van der Waals surface area contributed by atoms with Gasteiger partial charge in [-0.15, -0.1) is 0 Å². The molecule has 2 aromatic rings. The first-order valence-corrected chi connectivity index (χ1v) is 11.6. The molecule has 10 heteroatoms. The van der Waals surface area contributed by atoms with Gasteiger partial charge in [-0.25, -0.2) is 9.59 Å². The molecule has 2 atom stereocenters. The predicted molar refractivity (Wildman–Crippen MR) is 133 cm³/mol. The zero-order valence-electron chi connectivity index (χ0n) is 19.7. The first-order valence-electron chi connectivity index (χ1n) is 10.8. The molecule has 0 bridgehead atoms. The Morgan fingerprint density at radius 2 is 1.08 bits per heavy atom. The Balaban J connectivity index is 2.05. The fourth-order valence-corrected chi connectivity index (χ4v) is 6.21. The van der Waals surface area contributed by atoms with Crippen molar-refractivity contribution in [3.63, 3.8) is 0 Å². The highest BCUT2D eigenvalue weighted by atomic mass is 35.5. The Kier molecular flexibility index (Phi) is 5.32. The highest BCUT2D eigenvalue weighted by molar-refractivity contribution is 6.33. The molecule has 0 N–H and O–H groups in total. The zero-order valence-corrected chi connectivity index (χ0v) is 21.2. The van der Waals surface area contributed by atoms with Crippen molar-refractivity contribution in [2.45, 2.75) is 10.8 Å². The lowest BCUT2D eigenvalue weighted by Crippen LogP contribution is -2.64. The van der Waals surface area contributed by atoms with E-state index in [1.54, 1.807) is 36.4 Å². The number of carbonyl (C=O) groups is 4. The summed E-state index contributed by atoms with van der Waals surface area (Å²) in [7, 11) is 5.42. The third-order valence-electron chi connectivity index (χ3n) is 7.30. The summed E-state index contributed by atoms with van der Waals surface area (Å²) < 4.78 is 10.2. The van der Waals surface area contributed by atoms with Crippen LogP contribution in [0, 0.1) is 0 Å². The molecule has 2 spiro atoms. The van der Waals surface area contributed by atoms with E-state index >= 15 is 0 Å². The molecule has 2 amide bonds. The summed E-state index contributed by atoms with van der Waals surface area (Å²) >= 11 is 12.5. The molecule has 5 rings (SSSR count). The summed E-state index contributed by atoms with van der Waals surface area (Å²) in [5, 5.41) is 0.703. The summed E-state index contributed by atoms with van der Waals surface area (Å²) in [4.78, 5) is 58.3. The number of allylic oxidation sites excluding steroid dienone is 2. The van der Waals surface area contributed by atoms with Crippen LogP contribution in [0.1, 0.15) is 11.1 Å². The maximum absolute atomic E-state index is 14.5. The molecule has 2 aliphatic heterocycles. The minimum absolute atomic E-state index is 0.0971. The molecule has 36 heavy (non-hydrogen) atoms. The molecular weight excluding hydrogens is 507 g/mol. The van der Waals surface area contributed by atoms with Gasteiger partial charge >= 0.3 is 11.9 Å². The Hall–Kier alpha value is -3.62. The molecule has 3 aliphatic rings. The summed E-state index contributed by atoms with van der Waals surface area (Å²) in [6.07, 6.45) is 2.69. The Bertz CT molecular complexity index is 1350. The van der Waals surface area contributed by atoms with Gasteiger partial charge in [-0.05, 0) is 47.5 Å². The van der Waals surface area contributed by atoms with Gasteiger partial charge in [0.15, 0.2) is 0 Å². The van der Waals surface area contributed by atoms with Gasteiger partial charge in [0.05, 0.1) is 25.4 Å². The highest BCUT2D eigenvalue weighted by Gasteiger charge is 2.76. The van der Waals surface area contributed by atoms with E-state index in [9.17, 15) is 19.2 Å². The molecule has 184 valence electrons. The third kappa shape index (κ3) is 2.60. The van der Waals surface area contributed by atoms with E-state index in [4.69, 9.17) is 32.7 Å². The average Bonchev–Trinajstić information content (AvgIpc) is 3.21. The van der Waals surface area contributed by atoms with Crippen molar-refractivity contribution in [2.24, 2.45) is 0 Å². The van der Waals surface area contributed by atoms with Gasteiger partial charge < -0.3 is 19.3 Å². The van der Waals surface area contributed by atoms with Gasteiger partial charge in [0, 0.05) is 35.5 Å². The normalized spacial score (nSPS) is 24.1. The average molecular weight is 527 g/mol. The minimum Gasteiger partial charge on any atom is -0.466 e. The fraction of sp³-hybridized carbons (Fsp3) is 0.231. The number of amides is 2. The van der Waals surface area contributed by atoms with Crippen molar-refractivity contribution in [3.8, 4) is 0 Å². The topological polar surface area (TPSA) is 93.2 Å². The number of methoxy groups -OCH3 is 2. The molecule has 8 nitrogen and oxygen atoms in total. The minimum atomic E-state index is -2.00. The molecule has 2 aromatic carbocycles. The van der Waals surface area contributed by atoms with E-state index in [2.05, 4.69) is 0 Å². The van der Waals surface area contributed by atoms with Gasteiger partial charge in [-0.1, -0.05) is 35.3 Å². The van der Waals surface area contributed by atoms with Crippen LogP contribution in [0.3, 0.4) is 0 Å². The van der Waals surface area contributed by atoms with Crippen molar-refractivity contribution in [3.05, 3.63) is 80.9 Å². The van der Waals surface area contributed by atoms with Crippen LogP contribution in [0.4, 0.5) is 11.4 Å². The van der Waals surface area contributed by atoms with Crippen LogP contribution in [-0.4, -0.2) is 52.1 Å². The van der Waals surface area contributed by atoms with Crippen molar-refractivity contribution >= 4 is 58.3 Å². The molecule has 0 saturated carbocycles. The molecule has 0 saturated heterocycles. The lowest BCUT2D eigenvalue weighted by molar-refractivity contribution is -0.144. The van der Waals surface area contributed by atoms with E-state index in [1.165, 1.54) is 50.3 Å². The number of benzene rings is 2. The third-order valence-corrected chi connectivity index (χ3v) is 7.77. The van der Waals surface area contributed by atoms with Gasteiger partial charge in [0.1, 0.15) is 10.8 Å². The fourth-order valence-electron chi connectivity index (χ4n) is 5.88. The number of carbonyl (C=O) groups excluding carboxylic acids is 4. The second-order valence-electron chi connectivity index (χ2n) is 8.70. The van der Waals surface area contributed by atoms with E-state index < -0.39 is 34.6 Å². The van der Waals surface area contributed by atoms with Gasteiger partial charge in [0.25, 0.3) is 0 Å². The number of esters is 2. The largest absolute Gasteiger partial charge is 0.466 e. The second kappa shape index (κ2) is 7.94. The molecule has 0 radical (unpaired) electrons. The SMILES string of the molecule is COC(=O)C1=CC=C(C(=O)OC)[C@@]2(C(=O)N(C)c3cc(Cl)ccc32)[C@@]12C(=O)N(C)c1cc(Cl)ccc12. The van der Waals surface area contributed by atoms with Gasteiger partial charge in [-0.2, -0.15) is 0 Å². The Morgan fingerprint density at radius 1 is 0.722 bits per heavy atom. The standard InChI is InChI=1S/C26H20Cl2N2O6/c1-29-19-11-13(27)5-7-15(19)25(23(29)33)17(21(31)35-3)9-10-18(22(32)36-4)26(25)16-8-6-14(28)12-20(16)30(2)24(26)34/h5-12H,1-4H3/t25-,26+. The number of likely N-dealkylation sites (N-methyl/N-ethyl adjacent to an activating group) is 2. The smallest absolute Gasteiger partial charge is 0.335 e. The molecular formula is C26H20Cl2N2O6. The maximum atomic E-state index is 14.5. The number of nitrogens with zero attached hydrogens (tertiary/aromatic N) is 2. The number of hydrogen-bond acceptors (Lipinski definition) is 6. The van der Waals surface area contributed by atoms with E-state index in [-0.39, 0.29) is 11.1 Å². The number of anilines is 2. The predicted octanol–water partition coefficient (Wildman–Crippen LogP) is 3.33. The second-order valence-corrected chi connectivity index (χ2v) is 9.57. The van der Waals surface area contributed by atoms with Crippen LogP contribution < -0.4 is 9.80 Å². The van der Waals surface area contributed by atoms with Crippen molar-refractivity contribution in [1.29, 1.82) is 0 Å². The number of ether oxygens (including phenoxy) is 2. The molecule has 0 unspecified atom stereocenters. The van der Waals surface area contributed by atoms with Gasteiger partial charge in [0.2, 0.25) is 11.8 Å². The number of halogens is 2. The van der Waals surface area contributed by atoms with Crippen LogP contribution >= 0.6 is 23.2 Å². The zero-order chi connectivity index (χ0) is 26.2. The van der Waals surface area contributed by atoms with Crippen molar-refractivity contribution in [2.75, 3.05) is 38.1 Å². The monoisotopic (exact) mass is 526 g/mol. The van der Waals surface area contributed by atoms with Crippen LogP contribution in [-0.2, 0) is 39.5 Å². The van der Waals surface area contributed by atoms with E-state index in [0.29, 0.717) is 32.5 Å². The quantitative estimate of drug-likeness (QED) is 0.557. The number of rotatable bonds is 2.